The van der Waals surface area contributed by atoms with Gasteiger partial charge in [-0.25, -0.2) is 13.1 Å². The Kier molecular flexibility index (Phi) is 4.77. The molecule has 0 heterocycles. The van der Waals surface area contributed by atoms with Crippen LogP contribution in [0.1, 0.15) is 26.2 Å². The standard InChI is InChI=1S/C14H20N2O3S/c1-11-7-8-12(9-11)16-14(17)10-15-20(18,19)13-5-3-2-4-6-13/h2-6,11-12,15H,7-10H2,1H3,(H,16,17). The van der Waals surface area contributed by atoms with E-state index in [9.17, 15) is 13.2 Å². The highest BCUT2D eigenvalue weighted by molar-refractivity contribution is 7.89. The van der Waals surface area contributed by atoms with Crippen LogP contribution in [0.3, 0.4) is 0 Å². The lowest BCUT2D eigenvalue weighted by molar-refractivity contribution is -0.120. The zero-order valence-corrected chi connectivity index (χ0v) is 12.3. The number of hydrogen-bond acceptors (Lipinski definition) is 3. The van der Waals surface area contributed by atoms with E-state index in [1.54, 1.807) is 18.2 Å². The maximum atomic E-state index is 11.9. The number of carbonyl (C=O) groups excluding carboxylic acids is 1. The fourth-order valence-electron chi connectivity index (χ4n) is 2.46. The van der Waals surface area contributed by atoms with Gasteiger partial charge in [-0.15, -0.1) is 0 Å². The first-order chi connectivity index (χ1) is 9.47. The molecule has 5 nitrogen and oxygen atoms in total. The third-order valence-corrected chi connectivity index (χ3v) is 4.95. The van der Waals surface area contributed by atoms with Gasteiger partial charge in [0.1, 0.15) is 0 Å². The van der Waals surface area contributed by atoms with E-state index in [2.05, 4.69) is 17.0 Å². The highest BCUT2D eigenvalue weighted by Crippen LogP contribution is 2.24. The molecule has 1 aromatic carbocycles. The molecule has 0 saturated heterocycles. The van der Waals surface area contributed by atoms with Gasteiger partial charge < -0.3 is 5.32 Å². The average Bonchev–Trinajstić information content (AvgIpc) is 2.83. The summed E-state index contributed by atoms with van der Waals surface area (Å²) in [6.07, 6.45) is 3.05. The summed E-state index contributed by atoms with van der Waals surface area (Å²) < 4.78 is 26.2. The largest absolute Gasteiger partial charge is 0.352 e. The normalized spacial score (nSPS) is 22.6. The number of carbonyl (C=O) groups is 1. The van der Waals surface area contributed by atoms with Crippen LogP contribution in [0.25, 0.3) is 0 Å². The molecule has 0 spiro atoms. The van der Waals surface area contributed by atoms with Crippen molar-refractivity contribution in [2.75, 3.05) is 6.54 Å². The molecule has 2 atom stereocenters. The van der Waals surface area contributed by atoms with E-state index in [0.29, 0.717) is 5.92 Å². The first kappa shape index (κ1) is 15.0. The Labute approximate surface area is 119 Å². The second-order valence-electron chi connectivity index (χ2n) is 5.32. The van der Waals surface area contributed by atoms with Crippen LogP contribution in [-0.2, 0) is 14.8 Å². The quantitative estimate of drug-likeness (QED) is 0.859. The summed E-state index contributed by atoms with van der Waals surface area (Å²) in [6, 6.07) is 8.21. The van der Waals surface area contributed by atoms with Crippen molar-refractivity contribution in [1.82, 2.24) is 10.0 Å². The van der Waals surface area contributed by atoms with E-state index in [1.807, 2.05) is 0 Å². The molecule has 1 saturated carbocycles. The van der Waals surface area contributed by atoms with Crippen molar-refractivity contribution < 1.29 is 13.2 Å². The molecule has 0 bridgehead atoms. The molecule has 0 aromatic heterocycles. The van der Waals surface area contributed by atoms with Gasteiger partial charge in [-0.2, -0.15) is 0 Å². The van der Waals surface area contributed by atoms with Gasteiger partial charge in [-0.1, -0.05) is 25.1 Å². The third-order valence-electron chi connectivity index (χ3n) is 3.54. The molecular weight excluding hydrogens is 276 g/mol. The first-order valence-electron chi connectivity index (χ1n) is 6.81. The predicted octanol–water partition coefficient (Wildman–Crippen LogP) is 1.27. The van der Waals surface area contributed by atoms with E-state index in [4.69, 9.17) is 0 Å². The topological polar surface area (TPSA) is 75.3 Å². The van der Waals surface area contributed by atoms with Gasteiger partial charge in [-0.05, 0) is 37.3 Å². The lowest BCUT2D eigenvalue weighted by Crippen LogP contribution is -2.41. The average molecular weight is 296 g/mol. The zero-order valence-electron chi connectivity index (χ0n) is 11.5. The van der Waals surface area contributed by atoms with Crippen molar-refractivity contribution in [1.29, 1.82) is 0 Å². The van der Waals surface area contributed by atoms with Gasteiger partial charge >= 0.3 is 0 Å². The van der Waals surface area contributed by atoms with Crippen molar-refractivity contribution in [2.24, 2.45) is 5.92 Å². The van der Waals surface area contributed by atoms with Gasteiger partial charge in [0, 0.05) is 6.04 Å². The summed E-state index contributed by atoms with van der Waals surface area (Å²) in [6.45, 7) is 1.94. The van der Waals surface area contributed by atoms with E-state index >= 15 is 0 Å². The summed E-state index contributed by atoms with van der Waals surface area (Å²) in [7, 11) is -3.61. The summed E-state index contributed by atoms with van der Waals surface area (Å²) in [5, 5.41) is 2.87. The van der Waals surface area contributed by atoms with E-state index in [-0.39, 0.29) is 23.4 Å². The highest BCUT2D eigenvalue weighted by atomic mass is 32.2. The Morgan fingerprint density at radius 3 is 2.55 bits per heavy atom. The minimum Gasteiger partial charge on any atom is -0.352 e. The van der Waals surface area contributed by atoms with Gasteiger partial charge in [0.15, 0.2) is 0 Å². The number of hydrogen-bond donors (Lipinski definition) is 2. The molecule has 1 aliphatic rings. The van der Waals surface area contributed by atoms with Gasteiger partial charge in [-0.3, -0.25) is 4.79 Å². The molecule has 1 fully saturated rings. The maximum Gasteiger partial charge on any atom is 0.241 e. The lowest BCUT2D eigenvalue weighted by atomic mass is 10.1. The Hall–Kier alpha value is -1.40. The fourth-order valence-corrected chi connectivity index (χ4v) is 3.46. The molecule has 110 valence electrons. The van der Waals surface area contributed by atoms with Crippen LogP contribution in [0.4, 0.5) is 0 Å². The zero-order chi connectivity index (χ0) is 14.6. The van der Waals surface area contributed by atoms with Crippen molar-refractivity contribution in [3.63, 3.8) is 0 Å². The van der Waals surface area contributed by atoms with Crippen molar-refractivity contribution >= 4 is 15.9 Å². The molecule has 20 heavy (non-hydrogen) atoms. The summed E-state index contributed by atoms with van der Waals surface area (Å²) in [5.74, 6) is 0.352. The second kappa shape index (κ2) is 6.37. The lowest BCUT2D eigenvalue weighted by Gasteiger charge is -2.13. The Bertz CT molecular complexity index is 557. The fraction of sp³-hybridized carbons (Fsp3) is 0.500. The molecule has 2 unspecified atom stereocenters. The molecule has 1 amide bonds. The van der Waals surface area contributed by atoms with Crippen molar-refractivity contribution in [3.05, 3.63) is 30.3 Å². The van der Waals surface area contributed by atoms with E-state index < -0.39 is 10.0 Å². The van der Waals surface area contributed by atoms with Gasteiger partial charge in [0.25, 0.3) is 0 Å². The van der Waals surface area contributed by atoms with Gasteiger partial charge in [0.05, 0.1) is 11.4 Å². The molecule has 2 N–H and O–H groups in total. The van der Waals surface area contributed by atoms with Crippen molar-refractivity contribution in [3.8, 4) is 0 Å². The molecule has 2 rings (SSSR count). The summed E-state index contributed by atoms with van der Waals surface area (Å²) >= 11 is 0. The summed E-state index contributed by atoms with van der Waals surface area (Å²) in [5.41, 5.74) is 0. The van der Waals surface area contributed by atoms with Crippen LogP contribution in [0.15, 0.2) is 35.2 Å². The number of benzene rings is 1. The number of rotatable bonds is 5. The molecule has 0 radical (unpaired) electrons. The number of sulfonamides is 1. The molecular formula is C14H20N2O3S. The Balaban J connectivity index is 1.84. The highest BCUT2D eigenvalue weighted by Gasteiger charge is 2.23. The van der Waals surface area contributed by atoms with Crippen LogP contribution in [0.5, 0.6) is 0 Å². The Morgan fingerprint density at radius 1 is 1.25 bits per heavy atom. The smallest absolute Gasteiger partial charge is 0.241 e. The van der Waals surface area contributed by atoms with Crippen LogP contribution in [-0.4, -0.2) is 26.9 Å². The first-order valence-corrected chi connectivity index (χ1v) is 8.30. The minimum atomic E-state index is -3.61. The predicted molar refractivity (Wildman–Crippen MR) is 76.6 cm³/mol. The maximum absolute atomic E-state index is 11.9. The van der Waals surface area contributed by atoms with Crippen LogP contribution >= 0.6 is 0 Å². The molecule has 0 aliphatic heterocycles. The van der Waals surface area contributed by atoms with E-state index in [1.165, 1.54) is 12.1 Å². The second-order valence-corrected chi connectivity index (χ2v) is 7.09. The Morgan fingerprint density at radius 2 is 1.95 bits per heavy atom. The van der Waals surface area contributed by atoms with Crippen molar-refractivity contribution in [2.45, 2.75) is 37.1 Å². The van der Waals surface area contributed by atoms with Crippen LogP contribution in [0, 0.1) is 5.92 Å². The molecule has 1 aromatic rings. The number of amides is 1. The SMILES string of the molecule is CC1CCC(NC(=O)CNS(=O)(=O)c2ccccc2)C1. The molecule has 6 heteroatoms. The summed E-state index contributed by atoms with van der Waals surface area (Å²) in [4.78, 5) is 11.9. The van der Waals surface area contributed by atoms with Crippen LogP contribution < -0.4 is 10.0 Å². The minimum absolute atomic E-state index is 0.169. The third kappa shape index (κ3) is 4.05. The number of nitrogens with one attached hydrogen (secondary N) is 2. The molecule has 1 aliphatic carbocycles. The van der Waals surface area contributed by atoms with Gasteiger partial charge in [0.2, 0.25) is 15.9 Å². The monoisotopic (exact) mass is 296 g/mol. The van der Waals surface area contributed by atoms with Crippen LogP contribution in [0.2, 0.25) is 0 Å². The van der Waals surface area contributed by atoms with E-state index in [0.717, 1.165) is 19.3 Å².